The van der Waals surface area contributed by atoms with E-state index >= 15 is 0 Å². The Labute approximate surface area is 131 Å². The molecule has 0 heterocycles. The highest BCUT2D eigenvalue weighted by atomic mass is 16.2. The van der Waals surface area contributed by atoms with Crippen molar-refractivity contribution in [3.8, 4) is 0 Å². The first kappa shape index (κ1) is 15.6. The van der Waals surface area contributed by atoms with E-state index < -0.39 is 0 Å². The van der Waals surface area contributed by atoms with Gasteiger partial charge in [-0.1, -0.05) is 45.8 Å². The first-order valence-corrected chi connectivity index (χ1v) is 9.20. The highest BCUT2D eigenvalue weighted by Crippen LogP contribution is 2.64. The van der Waals surface area contributed by atoms with Crippen LogP contribution in [0.5, 0.6) is 0 Å². The zero-order valence-corrected chi connectivity index (χ0v) is 14.5. The molecule has 3 aliphatic rings. The van der Waals surface area contributed by atoms with Gasteiger partial charge >= 0.3 is 0 Å². The molecule has 0 bridgehead atoms. The predicted molar refractivity (Wildman–Crippen MR) is 89.0 cm³/mol. The van der Waals surface area contributed by atoms with Gasteiger partial charge in [-0.3, -0.25) is 0 Å². The molecule has 0 aromatic carbocycles. The Morgan fingerprint density at radius 1 is 1.14 bits per heavy atom. The summed E-state index contributed by atoms with van der Waals surface area (Å²) in [5.41, 5.74) is 2.65. The fourth-order valence-electron chi connectivity index (χ4n) is 6.75. The molecule has 3 rings (SSSR count). The average molecular weight is 290 g/mol. The summed E-state index contributed by atoms with van der Waals surface area (Å²) in [4.78, 5) is 0. The van der Waals surface area contributed by atoms with Crippen LogP contribution in [0.4, 0.5) is 0 Å². The van der Waals surface area contributed by atoms with Crippen molar-refractivity contribution in [1.82, 2.24) is 0 Å². The van der Waals surface area contributed by atoms with E-state index in [0.29, 0.717) is 16.7 Å². The lowest BCUT2D eigenvalue weighted by molar-refractivity contribution is -0.113. The largest absolute Gasteiger partial charge is 0.392 e. The van der Waals surface area contributed by atoms with Crippen LogP contribution in [0.2, 0.25) is 0 Å². The third-order valence-corrected chi connectivity index (χ3v) is 7.75. The Kier molecular flexibility index (Phi) is 4.01. The van der Waals surface area contributed by atoms with Gasteiger partial charge in [0.1, 0.15) is 0 Å². The van der Waals surface area contributed by atoms with Crippen LogP contribution in [-0.4, -0.2) is 11.7 Å². The average Bonchev–Trinajstić information content (AvgIpc) is 2.41. The molecule has 1 nitrogen and oxygen atoms in total. The third kappa shape index (κ3) is 2.40. The predicted octanol–water partition coefficient (Wildman–Crippen LogP) is 5.19. The van der Waals surface area contributed by atoms with Gasteiger partial charge in [-0.15, -0.1) is 0 Å². The van der Waals surface area contributed by atoms with E-state index in [1.807, 2.05) is 0 Å². The fraction of sp³-hybridized carbons (Fsp3) is 0.900. The maximum atomic E-state index is 9.26. The summed E-state index contributed by atoms with van der Waals surface area (Å²) >= 11 is 0. The summed E-state index contributed by atoms with van der Waals surface area (Å²) in [5.74, 6) is 3.41. The van der Waals surface area contributed by atoms with Gasteiger partial charge in [0, 0.05) is 0 Å². The van der Waals surface area contributed by atoms with E-state index in [1.54, 1.807) is 0 Å². The maximum absolute atomic E-state index is 9.26. The van der Waals surface area contributed by atoms with Crippen molar-refractivity contribution >= 4 is 0 Å². The molecule has 5 atom stereocenters. The monoisotopic (exact) mass is 290 g/mol. The van der Waals surface area contributed by atoms with Gasteiger partial charge in [0.05, 0.1) is 6.61 Å². The number of aliphatic hydroxyl groups is 1. The number of hydrogen-bond acceptors (Lipinski definition) is 1. The summed E-state index contributed by atoms with van der Waals surface area (Å²) in [6.45, 7) is 10.3. The summed E-state index contributed by atoms with van der Waals surface area (Å²) in [6, 6.07) is 0. The third-order valence-electron chi connectivity index (χ3n) is 7.75. The van der Waals surface area contributed by atoms with Gasteiger partial charge < -0.3 is 5.11 Å². The Balaban J connectivity index is 1.88. The van der Waals surface area contributed by atoms with Gasteiger partial charge in [-0.2, -0.15) is 0 Å². The first-order chi connectivity index (χ1) is 9.90. The van der Waals surface area contributed by atoms with Gasteiger partial charge in [-0.25, -0.2) is 0 Å². The number of allylic oxidation sites excluding steroid dienone is 1. The minimum absolute atomic E-state index is 0.226. The quantitative estimate of drug-likeness (QED) is 0.659. The molecule has 21 heavy (non-hydrogen) atoms. The number of hydrogen-bond donors (Lipinski definition) is 1. The zero-order valence-electron chi connectivity index (χ0n) is 14.5. The molecule has 0 spiro atoms. The van der Waals surface area contributed by atoms with Crippen LogP contribution >= 0.6 is 0 Å². The lowest BCUT2D eigenvalue weighted by Gasteiger charge is -2.62. The van der Waals surface area contributed by atoms with Crippen LogP contribution in [0.1, 0.15) is 72.6 Å². The van der Waals surface area contributed by atoms with E-state index in [9.17, 15) is 5.11 Å². The summed E-state index contributed by atoms with van der Waals surface area (Å²) in [7, 11) is 0. The molecular weight excluding hydrogens is 256 g/mol. The number of rotatable bonds is 1. The summed E-state index contributed by atoms with van der Waals surface area (Å²) < 4.78 is 0. The molecule has 0 aromatic heterocycles. The van der Waals surface area contributed by atoms with Crippen molar-refractivity contribution in [3.63, 3.8) is 0 Å². The zero-order chi connectivity index (χ0) is 15.3. The molecule has 120 valence electrons. The Bertz CT molecular complexity index is 422. The summed E-state index contributed by atoms with van der Waals surface area (Å²) in [5, 5.41) is 9.26. The lowest BCUT2D eigenvalue weighted by Crippen LogP contribution is -2.53. The van der Waals surface area contributed by atoms with E-state index in [-0.39, 0.29) is 6.61 Å². The van der Waals surface area contributed by atoms with Crippen LogP contribution in [-0.2, 0) is 0 Å². The van der Waals surface area contributed by atoms with Gasteiger partial charge in [0.15, 0.2) is 0 Å². The molecule has 3 aliphatic carbocycles. The molecule has 0 aromatic rings. The number of fused-ring (bicyclic) bond motifs is 3. The fourth-order valence-corrected chi connectivity index (χ4v) is 6.75. The molecule has 0 aliphatic heterocycles. The molecule has 0 radical (unpaired) electrons. The molecular formula is C20H34O. The molecule has 1 N–H and O–H groups in total. The molecule has 0 saturated heterocycles. The second kappa shape index (κ2) is 5.41. The second-order valence-corrected chi connectivity index (χ2v) is 9.04. The smallest absolute Gasteiger partial charge is 0.0615 e. The standard InChI is InChI=1S/C20H34O/c1-14-15(10-13-21)6-8-17-16(14)7-9-18-19(2,3)11-5-12-20(17,18)4/h10,14,16-18,21H,5-9,11-13H2,1-4H3. The van der Waals surface area contributed by atoms with Gasteiger partial charge in [0.2, 0.25) is 0 Å². The molecule has 1 heteroatoms. The van der Waals surface area contributed by atoms with Crippen LogP contribution in [0.15, 0.2) is 11.6 Å². The van der Waals surface area contributed by atoms with Crippen molar-refractivity contribution in [3.05, 3.63) is 11.6 Å². The molecule has 0 amide bonds. The van der Waals surface area contributed by atoms with Crippen molar-refractivity contribution in [1.29, 1.82) is 0 Å². The van der Waals surface area contributed by atoms with E-state index in [0.717, 1.165) is 17.8 Å². The van der Waals surface area contributed by atoms with E-state index in [2.05, 4.69) is 33.8 Å². The van der Waals surface area contributed by atoms with Crippen LogP contribution < -0.4 is 0 Å². The number of aliphatic hydroxyl groups excluding tert-OH is 1. The topological polar surface area (TPSA) is 20.2 Å². The van der Waals surface area contributed by atoms with E-state index in [1.165, 1.54) is 50.5 Å². The van der Waals surface area contributed by atoms with Crippen molar-refractivity contribution in [2.75, 3.05) is 6.61 Å². The van der Waals surface area contributed by atoms with Crippen molar-refractivity contribution in [2.45, 2.75) is 72.6 Å². The molecule has 5 unspecified atom stereocenters. The Morgan fingerprint density at radius 2 is 1.90 bits per heavy atom. The lowest BCUT2D eigenvalue weighted by atomic mass is 9.43. The maximum Gasteiger partial charge on any atom is 0.0615 e. The van der Waals surface area contributed by atoms with Crippen molar-refractivity contribution < 1.29 is 5.11 Å². The summed E-state index contributed by atoms with van der Waals surface area (Å²) in [6.07, 6.45) is 11.8. The van der Waals surface area contributed by atoms with Crippen molar-refractivity contribution in [2.24, 2.45) is 34.5 Å². The van der Waals surface area contributed by atoms with Gasteiger partial charge in [0.25, 0.3) is 0 Å². The normalized spacial score (nSPS) is 47.8. The minimum atomic E-state index is 0.226. The van der Waals surface area contributed by atoms with Crippen LogP contribution in [0.25, 0.3) is 0 Å². The van der Waals surface area contributed by atoms with Gasteiger partial charge in [-0.05, 0) is 73.0 Å². The molecule has 3 saturated carbocycles. The Morgan fingerprint density at radius 3 is 2.62 bits per heavy atom. The Hall–Kier alpha value is -0.300. The van der Waals surface area contributed by atoms with E-state index in [4.69, 9.17) is 0 Å². The van der Waals surface area contributed by atoms with Crippen LogP contribution in [0.3, 0.4) is 0 Å². The molecule has 3 fully saturated rings. The highest BCUT2D eigenvalue weighted by molar-refractivity contribution is 5.16. The highest BCUT2D eigenvalue weighted by Gasteiger charge is 2.56. The van der Waals surface area contributed by atoms with Crippen LogP contribution in [0, 0.1) is 34.5 Å². The first-order valence-electron chi connectivity index (χ1n) is 9.20. The second-order valence-electron chi connectivity index (χ2n) is 9.04. The minimum Gasteiger partial charge on any atom is -0.392 e. The SMILES string of the molecule is CC1C(=CCO)CCC2C1CCC1C(C)(C)CCCC21C.